The summed E-state index contributed by atoms with van der Waals surface area (Å²) in [5.41, 5.74) is 0.732. The molecule has 20 heavy (non-hydrogen) atoms. The van der Waals surface area contributed by atoms with Crippen molar-refractivity contribution in [2.75, 3.05) is 13.2 Å². The molecular weight excluding hydrogens is 269 g/mol. The number of hydrogen-bond donors (Lipinski definition) is 1. The molecule has 104 valence electrons. The number of fused-ring (bicyclic) bond motifs is 1. The predicted molar refractivity (Wildman–Crippen MR) is 69.5 cm³/mol. The van der Waals surface area contributed by atoms with E-state index in [1.165, 1.54) is 6.07 Å². The van der Waals surface area contributed by atoms with Gasteiger partial charge < -0.3 is 9.84 Å². The quantitative estimate of drug-likeness (QED) is 0.856. The second-order valence-corrected chi connectivity index (χ2v) is 4.09. The Kier molecular flexibility index (Phi) is 4.16. The SMILES string of the molecule is OCC#Cc1ccc2cc(OCC(F)(F)F)ccc2c1. The lowest BCUT2D eigenvalue weighted by Gasteiger charge is -2.09. The maximum Gasteiger partial charge on any atom is 0.422 e. The first-order valence-corrected chi connectivity index (χ1v) is 5.81. The minimum absolute atomic E-state index is 0.170. The van der Waals surface area contributed by atoms with Crippen LogP contribution in [0.25, 0.3) is 10.8 Å². The second kappa shape index (κ2) is 5.85. The van der Waals surface area contributed by atoms with Crippen molar-refractivity contribution in [2.24, 2.45) is 0 Å². The molecule has 0 aliphatic carbocycles. The summed E-state index contributed by atoms with van der Waals surface area (Å²) in [6, 6.07) is 9.98. The molecule has 0 bridgehead atoms. The van der Waals surface area contributed by atoms with Crippen LogP contribution in [-0.4, -0.2) is 24.5 Å². The molecule has 0 aliphatic rings. The molecule has 2 aromatic carbocycles. The highest BCUT2D eigenvalue weighted by Gasteiger charge is 2.28. The van der Waals surface area contributed by atoms with Gasteiger partial charge in [0.05, 0.1) is 0 Å². The highest BCUT2D eigenvalue weighted by molar-refractivity contribution is 5.85. The van der Waals surface area contributed by atoms with Crippen LogP contribution in [0.5, 0.6) is 5.75 Å². The molecule has 2 aromatic rings. The van der Waals surface area contributed by atoms with Crippen molar-refractivity contribution < 1.29 is 23.0 Å². The summed E-state index contributed by atoms with van der Waals surface area (Å²) in [4.78, 5) is 0. The molecule has 1 N–H and O–H groups in total. The molecule has 0 spiro atoms. The Morgan fingerprint density at radius 1 is 1.05 bits per heavy atom. The molecule has 0 atom stereocenters. The molecule has 0 aromatic heterocycles. The Labute approximate surface area is 113 Å². The van der Waals surface area contributed by atoms with Crippen molar-refractivity contribution in [3.63, 3.8) is 0 Å². The maximum atomic E-state index is 12.1. The van der Waals surface area contributed by atoms with E-state index in [9.17, 15) is 13.2 Å². The van der Waals surface area contributed by atoms with Crippen LogP contribution < -0.4 is 4.74 Å². The monoisotopic (exact) mass is 280 g/mol. The predicted octanol–water partition coefficient (Wildman–Crippen LogP) is 3.12. The molecule has 5 heteroatoms. The molecule has 0 fully saturated rings. The molecule has 0 radical (unpaired) electrons. The van der Waals surface area contributed by atoms with E-state index in [0.29, 0.717) is 0 Å². The number of halogens is 3. The summed E-state index contributed by atoms with van der Waals surface area (Å²) in [6.07, 6.45) is -4.35. The summed E-state index contributed by atoms with van der Waals surface area (Å²) in [6.45, 7) is -1.53. The van der Waals surface area contributed by atoms with Gasteiger partial charge in [-0.1, -0.05) is 24.0 Å². The number of aliphatic hydroxyl groups is 1. The first-order valence-electron chi connectivity index (χ1n) is 5.81. The van der Waals surface area contributed by atoms with Crippen LogP contribution >= 0.6 is 0 Å². The lowest BCUT2D eigenvalue weighted by atomic mass is 10.1. The minimum atomic E-state index is -4.35. The number of benzene rings is 2. The number of hydrogen-bond acceptors (Lipinski definition) is 2. The third kappa shape index (κ3) is 3.90. The van der Waals surface area contributed by atoms with Crippen molar-refractivity contribution in [3.8, 4) is 17.6 Å². The molecule has 0 amide bonds. The smallest absolute Gasteiger partial charge is 0.422 e. The number of ether oxygens (including phenoxy) is 1. The van der Waals surface area contributed by atoms with Gasteiger partial charge in [-0.15, -0.1) is 0 Å². The molecule has 2 nitrogen and oxygen atoms in total. The van der Waals surface area contributed by atoms with E-state index in [0.717, 1.165) is 16.3 Å². The van der Waals surface area contributed by atoms with E-state index in [1.807, 2.05) is 0 Å². The number of aliphatic hydroxyl groups excluding tert-OH is 1. The normalized spacial score (nSPS) is 11.0. The lowest BCUT2D eigenvalue weighted by molar-refractivity contribution is -0.153. The molecule has 0 aliphatic heterocycles. The molecule has 2 rings (SSSR count). The fourth-order valence-electron chi connectivity index (χ4n) is 1.70. The number of alkyl halides is 3. The Balaban J connectivity index is 2.23. The Morgan fingerprint density at radius 3 is 2.45 bits per heavy atom. The van der Waals surface area contributed by atoms with Gasteiger partial charge in [0.15, 0.2) is 6.61 Å². The molecular formula is C15H11F3O2. The van der Waals surface area contributed by atoms with Crippen molar-refractivity contribution in [2.45, 2.75) is 6.18 Å². The van der Waals surface area contributed by atoms with E-state index in [-0.39, 0.29) is 12.4 Å². The van der Waals surface area contributed by atoms with Gasteiger partial charge in [-0.3, -0.25) is 0 Å². The molecule has 0 saturated heterocycles. The van der Waals surface area contributed by atoms with E-state index in [4.69, 9.17) is 5.11 Å². The van der Waals surface area contributed by atoms with Crippen molar-refractivity contribution >= 4 is 10.8 Å². The summed E-state index contributed by atoms with van der Waals surface area (Å²) in [7, 11) is 0. The maximum absolute atomic E-state index is 12.1. The van der Waals surface area contributed by atoms with Crippen LogP contribution in [-0.2, 0) is 0 Å². The van der Waals surface area contributed by atoms with Gasteiger partial charge in [-0.05, 0) is 35.0 Å². The van der Waals surface area contributed by atoms with Crippen LogP contribution in [0.4, 0.5) is 13.2 Å². The van der Waals surface area contributed by atoms with E-state index in [2.05, 4.69) is 16.6 Å². The molecule has 0 unspecified atom stereocenters. The zero-order valence-corrected chi connectivity index (χ0v) is 10.4. The van der Waals surface area contributed by atoms with Crippen molar-refractivity contribution in [1.82, 2.24) is 0 Å². The van der Waals surface area contributed by atoms with Gasteiger partial charge in [0.2, 0.25) is 0 Å². The summed E-state index contributed by atoms with van der Waals surface area (Å²) in [5.74, 6) is 5.47. The Hall–Kier alpha value is -2.19. The number of rotatable bonds is 2. The fraction of sp³-hybridized carbons (Fsp3) is 0.200. The average Bonchev–Trinajstić information content (AvgIpc) is 2.41. The zero-order valence-electron chi connectivity index (χ0n) is 10.4. The van der Waals surface area contributed by atoms with Gasteiger partial charge in [0.25, 0.3) is 0 Å². The summed E-state index contributed by atoms with van der Waals surface area (Å²) in [5, 5.41) is 10.2. The first-order chi connectivity index (χ1) is 9.48. The summed E-state index contributed by atoms with van der Waals surface area (Å²) < 4.78 is 40.9. The largest absolute Gasteiger partial charge is 0.484 e. The van der Waals surface area contributed by atoms with Gasteiger partial charge in [0, 0.05) is 5.56 Å². The van der Waals surface area contributed by atoms with Crippen LogP contribution in [0.1, 0.15) is 5.56 Å². The van der Waals surface area contributed by atoms with Crippen LogP contribution in [0.15, 0.2) is 36.4 Å². The second-order valence-electron chi connectivity index (χ2n) is 4.09. The zero-order chi connectivity index (χ0) is 14.6. The topological polar surface area (TPSA) is 29.5 Å². The average molecular weight is 280 g/mol. The first kappa shape index (κ1) is 14.2. The van der Waals surface area contributed by atoms with E-state index < -0.39 is 12.8 Å². The third-order valence-corrected chi connectivity index (χ3v) is 2.53. The van der Waals surface area contributed by atoms with Crippen LogP contribution in [0.2, 0.25) is 0 Å². The van der Waals surface area contributed by atoms with Gasteiger partial charge in [-0.2, -0.15) is 13.2 Å². The van der Waals surface area contributed by atoms with Gasteiger partial charge >= 0.3 is 6.18 Å². The Bertz CT molecular complexity index is 666. The third-order valence-electron chi connectivity index (χ3n) is 2.53. The van der Waals surface area contributed by atoms with E-state index >= 15 is 0 Å². The van der Waals surface area contributed by atoms with E-state index in [1.54, 1.807) is 30.3 Å². The van der Waals surface area contributed by atoms with Gasteiger partial charge in [-0.25, -0.2) is 0 Å². The van der Waals surface area contributed by atoms with Crippen LogP contribution in [0.3, 0.4) is 0 Å². The molecule has 0 saturated carbocycles. The minimum Gasteiger partial charge on any atom is -0.484 e. The van der Waals surface area contributed by atoms with Crippen molar-refractivity contribution in [1.29, 1.82) is 0 Å². The van der Waals surface area contributed by atoms with Crippen LogP contribution in [0, 0.1) is 11.8 Å². The summed E-state index contributed by atoms with van der Waals surface area (Å²) >= 11 is 0. The van der Waals surface area contributed by atoms with Crippen molar-refractivity contribution in [3.05, 3.63) is 42.0 Å². The standard InChI is InChI=1S/C15H11F3O2/c16-15(17,18)10-20-14-6-5-12-8-11(2-1-7-19)3-4-13(12)9-14/h3-6,8-9,19H,7,10H2. The molecule has 0 heterocycles. The highest BCUT2D eigenvalue weighted by Crippen LogP contribution is 2.24. The Morgan fingerprint density at radius 2 is 1.75 bits per heavy atom. The lowest BCUT2D eigenvalue weighted by Crippen LogP contribution is -2.19. The highest BCUT2D eigenvalue weighted by atomic mass is 19.4. The fourth-order valence-corrected chi connectivity index (χ4v) is 1.70. The van der Waals surface area contributed by atoms with Gasteiger partial charge in [0.1, 0.15) is 12.4 Å².